The molecule has 3 nitrogen and oxygen atoms in total. The summed E-state index contributed by atoms with van der Waals surface area (Å²) in [5, 5.41) is 9.10. The summed E-state index contributed by atoms with van der Waals surface area (Å²) < 4.78 is 13.3. The molecule has 0 unspecified atom stereocenters. The van der Waals surface area contributed by atoms with Crippen LogP contribution in [0.5, 0.6) is 0 Å². The highest BCUT2D eigenvalue weighted by molar-refractivity contribution is 5.37. The predicted octanol–water partition coefficient (Wildman–Crippen LogP) is 2.61. The smallest absolute Gasteiger partial charge is 0.123 e. The molecule has 1 heterocycles. The van der Waals surface area contributed by atoms with Gasteiger partial charge in [0.05, 0.1) is 11.6 Å². The fourth-order valence-electron chi connectivity index (χ4n) is 2.88. The van der Waals surface area contributed by atoms with Crippen LogP contribution in [0.25, 0.3) is 0 Å². The topological polar surface area (TPSA) is 30.3 Å². The normalized spacial score (nSPS) is 17.4. The van der Waals surface area contributed by atoms with Gasteiger partial charge < -0.3 is 4.90 Å². The Labute approximate surface area is 120 Å². The minimum atomic E-state index is -0.270. The second kappa shape index (κ2) is 6.83. The molecule has 0 saturated carbocycles. The summed E-state index contributed by atoms with van der Waals surface area (Å²) in [7, 11) is 2.07. The van der Waals surface area contributed by atoms with Crippen molar-refractivity contribution in [2.75, 3.05) is 26.7 Å². The van der Waals surface area contributed by atoms with Crippen molar-refractivity contribution in [1.82, 2.24) is 9.80 Å². The van der Waals surface area contributed by atoms with E-state index in [0.717, 1.165) is 38.0 Å². The van der Waals surface area contributed by atoms with Crippen LogP contribution in [0.1, 0.15) is 30.9 Å². The Bertz CT molecular complexity index is 487. The molecule has 0 aromatic heterocycles. The van der Waals surface area contributed by atoms with Crippen LogP contribution in [0.4, 0.5) is 4.39 Å². The maximum absolute atomic E-state index is 13.3. The van der Waals surface area contributed by atoms with Crippen molar-refractivity contribution in [2.24, 2.45) is 0 Å². The van der Waals surface area contributed by atoms with E-state index in [-0.39, 0.29) is 5.82 Å². The van der Waals surface area contributed by atoms with Gasteiger partial charge >= 0.3 is 0 Å². The molecule has 1 aromatic carbocycles. The van der Waals surface area contributed by atoms with Gasteiger partial charge in [0.15, 0.2) is 0 Å². The molecule has 1 aliphatic heterocycles. The Morgan fingerprint density at radius 3 is 2.70 bits per heavy atom. The van der Waals surface area contributed by atoms with E-state index in [4.69, 9.17) is 5.26 Å². The molecule has 0 atom stereocenters. The van der Waals surface area contributed by atoms with Gasteiger partial charge in [-0.1, -0.05) is 6.92 Å². The first-order valence-corrected chi connectivity index (χ1v) is 7.25. The first kappa shape index (κ1) is 15.0. The van der Waals surface area contributed by atoms with Gasteiger partial charge in [0, 0.05) is 12.6 Å². The molecular formula is C16H22FN3. The molecule has 0 spiro atoms. The molecule has 1 aromatic rings. The Kier molecular flexibility index (Phi) is 5.11. The quantitative estimate of drug-likeness (QED) is 0.846. The van der Waals surface area contributed by atoms with Crippen LogP contribution in [0.3, 0.4) is 0 Å². The second-order valence-corrected chi connectivity index (χ2v) is 5.49. The summed E-state index contributed by atoms with van der Waals surface area (Å²) in [6, 6.07) is 7.07. The van der Waals surface area contributed by atoms with Crippen molar-refractivity contribution in [3.05, 3.63) is 35.1 Å². The molecule has 1 fully saturated rings. The summed E-state index contributed by atoms with van der Waals surface area (Å²) in [6.07, 6.45) is 2.28. The highest BCUT2D eigenvalue weighted by atomic mass is 19.1. The molecule has 0 N–H and O–H groups in total. The van der Waals surface area contributed by atoms with E-state index in [0.29, 0.717) is 18.2 Å². The first-order valence-electron chi connectivity index (χ1n) is 7.25. The summed E-state index contributed by atoms with van der Waals surface area (Å²) in [4.78, 5) is 4.70. The third kappa shape index (κ3) is 3.56. The van der Waals surface area contributed by atoms with Crippen LogP contribution in [-0.4, -0.2) is 42.5 Å². The van der Waals surface area contributed by atoms with E-state index in [1.165, 1.54) is 12.1 Å². The summed E-state index contributed by atoms with van der Waals surface area (Å²) in [5.74, 6) is -0.270. The van der Waals surface area contributed by atoms with Gasteiger partial charge in [-0.3, -0.25) is 4.90 Å². The minimum Gasteiger partial charge on any atom is -0.303 e. The number of halogens is 1. The number of nitriles is 1. The monoisotopic (exact) mass is 275 g/mol. The molecule has 2 rings (SSSR count). The van der Waals surface area contributed by atoms with Gasteiger partial charge in [-0.25, -0.2) is 4.39 Å². The third-order valence-corrected chi connectivity index (χ3v) is 4.24. The van der Waals surface area contributed by atoms with E-state index in [2.05, 4.69) is 29.8 Å². The fourth-order valence-corrected chi connectivity index (χ4v) is 2.88. The average Bonchev–Trinajstić information content (AvgIpc) is 2.47. The lowest BCUT2D eigenvalue weighted by Gasteiger charge is -2.36. The summed E-state index contributed by atoms with van der Waals surface area (Å²) >= 11 is 0. The van der Waals surface area contributed by atoms with Crippen molar-refractivity contribution in [2.45, 2.75) is 32.4 Å². The molecule has 1 aliphatic rings. The zero-order valence-electron chi connectivity index (χ0n) is 12.3. The molecule has 4 heteroatoms. The molecule has 0 amide bonds. The molecule has 0 radical (unpaired) electrons. The number of nitrogens with zero attached hydrogens (tertiary/aromatic N) is 3. The number of likely N-dealkylation sites (tertiary alicyclic amines) is 1. The Morgan fingerprint density at radius 1 is 1.40 bits per heavy atom. The largest absolute Gasteiger partial charge is 0.303 e. The van der Waals surface area contributed by atoms with Crippen molar-refractivity contribution in [3.63, 3.8) is 0 Å². The van der Waals surface area contributed by atoms with E-state index >= 15 is 0 Å². The number of hydrogen-bond acceptors (Lipinski definition) is 3. The van der Waals surface area contributed by atoms with Gasteiger partial charge in [-0.2, -0.15) is 5.26 Å². The average molecular weight is 275 g/mol. The van der Waals surface area contributed by atoms with Crippen LogP contribution in [0.15, 0.2) is 18.2 Å². The third-order valence-electron chi connectivity index (χ3n) is 4.24. The van der Waals surface area contributed by atoms with Gasteiger partial charge in [-0.15, -0.1) is 0 Å². The molecule has 1 saturated heterocycles. The van der Waals surface area contributed by atoms with Gasteiger partial charge in [0.1, 0.15) is 5.82 Å². The minimum absolute atomic E-state index is 0.270. The predicted molar refractivity (Wildman–Crippen MR) is 77.7 cm³/mol. The van der Waals surface area contributed by atoms with E-state index in [1.54, 1.807) is 6.07 Å². The van der Waals surface area contributed by atoms with E-state index in [9.17, 15) is 4.39 Å². The zero-order chi connectivity index (χ0) is 14.5. The first-order chi connectivity index (χ1) is 9.63. The highest BCUT2D eigenvalue weighted by Gasteiger charge is 2.22. The van der Waals surface area contributed by atoms with Crippen LogP contribution >= 0.6 is 0 Å². The number of piperidine rings is 1. The maximum Gasteiger partial charge on any atom is 0.123 e. The number of rotatable bonds is 4. The van der Waals surface area contributed by atoms with Crippen molar-refractivity contribution < 1.29 is 4.39 Å². The van der Waals surface area contributed by atoms with Gasteiger partial charge in [0.25, 0.3) is 0 Å². The van der Waals surface area contributed by atoms with Crippen molar-refractivity contribution in [3.8, 4) is 6.07 Å². The highest BCUT2D eigenvalue weighted by Crippen LogP contribution is 2.19. The molecule has 108 valence electrons. The van der Waals surface area contributed by atoms with Crippen molar-refractivity contribution >= 4 is 0 Å². The fraction of sp³-hybridized carbons (Fsp3) is 0.562. The molecule has 0 bridgehead atoms. The lowest BCUT2D eigenvalue weighted by Crippen LogP contribution is -2.43. The SMILES string of the molecule is CCN1CCC(N(C)Cc2cc(F)ccc2C#N)CC1. The van der Waals surface area contributed by atoms with Gasteiger partial charge in [0.2, 0.25) is 0 Å². The Balaban J connectivity index is 2.00. The molecular weight excluding hydrogens is 253 g/mol. The number of hydrogen-bond donors (Lipinski definition) is 0. The zero-order valence-corrected chi connectivity index (χ0v) is 12.3. The summed E-state index contributed by atoms with van der Waals surface area (Å²) in [5.41, 5.74) is 1.36. The molecule has 20 heavy (non-hydrogen) atoms. The van der Waals surface area contributed by atoms with Crippen LogP contribution < -0.4 is 0 Å². The Hall–Kier alpha value is -1.44. The maximum atomic E-state index is 13.3. The standard InChI is InChI=1S/C16H22FN3/c1-3-20-8-6-16(7-9-20)19(2)12-14-10-15(17)5-4-13(14)11-18/h4-5,10,16H,3,6-9,12H2,1-2H3. The second-order valence-electron chi connectivity index (χ2n) is 5.49. The Morgan fingerprint density at radius 2 is 2.10 bits per heavy atom. The van der Waals surface area contributed by atoms with Crippen LogP contribution in [-0.2, 0) is 6.54 Å². The summed E-state index contributed by atoms with van der Waals surface area (Å²) in [6.45, 7) is 6.19. The van der Waals surface area contributed by atoms with Crippen molar-refractivity contribution in [1.29, 1.82) is 5.26 Å². The van der Waals surface area contributed by atoms with E-state index in [1.807, 2.05) is 0 Å². The van der Waals surface area contributed by atoms with Crippen LogP contribution in [0.2, 0.25) is 0 Å². The van der Waals surface area contributed by atoms with E-state index < -0.39 is 0 Å². The molecule has 0 aliphatic carbocycles. The lowest BCUT2D eigenvalue weighted by atomic mass is 10.0. The lowest BCUT2D eigenvalue weighted by molar-refractivity contribution is 0.127. The number of benzene rings is 1. The van der Waals surface area contributed by atoms with Gasteiger partial charge in [-0.05, 0) is 63.3 Å². The van der Waals surface area contributed by atoms with Crippen LogP contribution in [0, 0.1) is 17.1 Å².